The van der Waals surface area contributed by atoms with Gasteiger partial charge < -0.3 is 5.32 Å². The number of aromatic nitrogens is 5. The van der Waals surface area contributed by atoms with Crippen LogP contribution < -0.4 is 5.32 Å². The van der Waals surface area contributed by atoms with E-state index in [9.17, 15) is 4.79 Å². The largest absolute Gasteiger partial charge is 0.350 e. The van der Waals surface area contributed by atoms with Crippen LogP contribution in [0, 0.1) is 0 Å². The van der Waals surface area contributed by atoms with E-state index < -0.39 is 0 Å². The van der Waals surface area contributed by atoms with Crippen LogP contribution >= 0.6 is 34.7 Å². The number of nitrogens with one attached hydrogen (secondary N) is 1. The van der Waals surface area contributed by atoms with Crippen molar-refractivity contribution < 1.29 is 4.79 Å². The third-order valence-corrected chi connectivity index (χ3v) is 6.57. The number of hydrogen-bond donors (Lipinski definition) is 1. The van der Waals surface area contributed by atoms with E-state index in [4.69, 9.17) is 11.6 Å². The molecular weight excluding hydrogens is 440 g/mol. The first-order chi connectivity index (χ1) is 14.7. The molecule has 1 N–H and O–H groups in total. The van der Waals surface area contributed by atoms with Gasteiger partial charge in [-0.1, -0.05) is 41.6 Å². The van der Waals surface area contributed by atoms with Crippen molar-refractivity contribution in [2.45, 2.75) is 11.7 Å². The summed E-state index contributed by atoms with van der Waals surface area (Å²) in [5, 5.41) is 19.4. The Labute approximate surface area is 184 Å². The Kier molecular flexibility index (Phi) is 5.16. The number of amides is 1. The Hall–Kier alpha value is -2.88. The molecule has 150 valence electrons. The first-order valence-electron chi connectivity index (χ1n) is 9.08. The van der Waals surface area contributed by atoms with Crippen LogP contribution in [0.1, 0.15) is 4.88 Å². The lowest BCUT2D eigenvalue weighted by molar-refractivity contribution is -0.118. The van der Waals surface area contributed by atoms with Gasteiger partial charge in [0.25, 0.3) is 0 Å². The maximum Gasteiger partial charge on any atom is 0.230 e. The quantitative estimate of drug-likeness (QED) is 0.390. The lowest BCUT2D eigenvalue weighted by Gasteiger charge is -2.03. The van der Waals surface area contributed by atoms with Crippen LogP contribution in [-0.2, 0) is 11.3 Å². The first kappa shape index (κ1) is 19.1. The summed E-state index contributed by atoms with van der Waals surface area (Å²) in [5.74, 6) is 0.229. The zero-order valence-corrected chi connectivity index (χ0v) is 17.9. The van der Waals surface area contributed by atoms with Crippen molar-refractivity contribution in [2.75, 3.05) is 5.75 Å². The number of hydrogen-bond acceptors (Lipinski definition) is 6. The van der Waals surface area contributed by atoms with Gasteiger partial charge in [-0.3, -0.25) is 9.20 Å². The highest BCUT2D eigenvalue weighted by molar-refractivity contribution is 7.99. The van der Waals surface area contributed by atoms with Gasteiger partial charge in [0.15, 0.2) is 10.8 Å². The van der Waals surface area contributed by atoms with Crippen molar-refractivity contribution in [1.82, 2.24) is 29.5 Å². The van der Waals surface area contributed by atoms with Gasteiger partial charge in [-0.25, -0.2) is 4.52 Å². The van der Waals surface area contributed by atoms with Gasteiger partial charge in [0, 0.05) is 27.9 Å². The number of carbonyl (C=O) groups excluding carboxylic acids is 1. The van der Waals surface area contributed by atoms with E-state index in [1.807, 2.05) is 64.6 Å². The topological polar surface area (TPSA) is 76.6 Å². The second-order valence-corrected chi connectivity index (χ2v) is 8.90. The molecule has 0 aliphatic heterocycles. The summed E-state index contributed by atoms with van der Waals surface area (Å²) >= 11 is 8.95. The van der Waals surface area contributed by atoms with Gasteiger partial charge in [-0.2, -0.15) is 5.10 Å². The van der Waals surface area contributed by atoms with E-state index in [2.05, 4.69) is 20.6 Å². The highest BCUT2D eigenvalue weighted by Gasteiger charge is 2.14. The van der Waals surface area contributed by atoms with Gasteiger partial charge >= 0.3 is 0 Å². The number of benzene rings is 1. The SMILES string of the molecule is O=C(CSc1nnc2c3cc(-c4ccc(Cl)cc4)nn3ccn12)NCc1cccs1. The van der Waals surface area contributed by atoms with E-state index in [0.29, 0.717) is 22.4 Å². The molecule has 1 amide bonds. The predicted molar refractivity (Wildman–Crippen MR) is 119 cm³/mol. The Morgan fingerprint density at radius 2 is 2.03 bits per heavy atom. The van der Waals surface area contributed by atoms with Crippen LogP contribution in [0.2, 0.25) is 5.02 Å². The summed E-state index contributed by atoms with van der Waals surface area (Å²) < 4.78 is 3.65. The second kappa shape index (κ2) is 8.10. The smallest absolute Gasteiger partial charge is 0.230 e. The molecule has 0 bridgehead atoms. The summed E-state index contributed by atoms with van der Waals surface area (Å²) in [6, 6.07) is 13.5. The van der Waals surface area contributed by atoms with Gasteiger partial charge in [0.2, 0.25) is 5.91 Å². The Bertz CT molecular complexity index is 1330. The number of rotatable bonds is 6. The molecule has 0 saturated heterocycles. The molecule has 1 aromatic carbocycles. The average molecular weight is 455 g/mol. The third-order valence-electron chi connectivity index (χ3n) is 4.50. The molecular formula is C20H15ClN6OS2. The summed E-state index contributed by atoms with van der Waals surface area (Å²) in [5.41, 5.74) is 3.32. The highest BCUT2D eigenvalue weighted by atomic mass is 35.5. The number of nitrogens with zero attached hydrogens (tertiary/aromatic N) is 5. The van der Waals surface area contributed by atoms with Crippen LogP contribution in [0.5, 0.6) is 0 Å². The number of carbonyl (C=O) groups is 1. The molecule has 0 saturated carbocycles. The van der Waals surface area contributed by atoms with E-state index in [1.165, 1.54) is 11.8 Å². The van der Waals surface area contributed by atoms with Crippen LogP contribution in [0.4, 0.5) is 0 Å². The first-order valence-corrected chi connectivity index (χ1v) is 11.3. The minimum absolute atomic E-state index is 0.0411. The van der Waals surface area contributed by atoms with Crippen LogP contribution in [0.15, 0.2) is 65.4 Å². The number of fused-ring (bicyclic) bond motifs is 3. The van der Waals surface area contributed by atoms with Crippen molar-refractivity contribution in [1.29, 1.82) is 0 Å². The third kappa shape index (κ3) is 3.79. The maximum atomic E-state index is 12.2. The van der Waals surface area contributed by atoms with E-state index >= 15 is 0 Å². The van der Waals surface area contributed by atoms with E-state index in [-0.39, 0.29) is 11.7 Å². The summed E-state index contributed by atoms with van der Waals surface area (Å²) in [4.78, 5) is 13.3. The van der Waals surface area contributed by atoms with Crippen LogP contribution in [0.3, 0.4) is 0 Å². The molecule has 0 fully saturated rings. The predicted octanol–water partition coefficient (Wildman–Crippen LogP) is 4.17. The Morgan fingerprint density at radius 3 is 2.83 bits per heavy atom. The normalized spacial score (nSPS) is 11.4. The fraction of sp³-hybridized carbons (Fsp3) is 0.100. The molecule has 30 heavy (non-hydrogen) atoms. The number of thioether (sulfide) groups is 1. The highest BCUT2D eigenvalue weighted by Crippen LogP contribution is 2.25. The summed E-state index contributed by atoms with van der Waals surface area (Å²) in [6.07, 6.45) is 3.71. The zero-order chi connectivity index (χ0) is 20.5. The van der Waals surface area contributed by atoms with E-state index in [0.717, 1.165) is 21.7 Å². The molecule has 4 heterocycles. The lowest BCUT2D eigenvalue weighted by atomic mass is 10.1. The van der Waals surface area contributed by atoms with Crippen LogP contribution in [-0.4, -0.2) is 35.9 Å². The minimum Gasteiger partial charge on any atom is -0.350 e. The molecule has 0 spiro atoms. The summed E-state index contributed by atoms with van der Waals surface area (Å²) in [6.45, 7) is 0.543. The van der Waals surface area contributed by atoms with Gasteiger partial charge in [0.05, 0.1) is 18.0 Å². The lowest BCUT2D eigenvalue weighted by Crippen LogP contribution is -2.24. The molecule has 5 aromatic rings. The zero-order valence-electron chi connectivity index (χ0n) is 15.5. The minimum atomic E-state index is -0.0411. The van der Waals surface area contributed by atoms with Gasteiger partial charge in [-0.15, -0.1) is 21.5 Å². The molecule has 5 rings (SSSR count). The van der Waals surface area contributed by atoms with Crippen LogP contribution in [0.25, 0.3) is 22.4 Å². The molecule has 0 radical (unpaired) electrons. The monoisotopic (exact) mass is 454 g/mol. The second-order valence-electron chi connectivity index (χ2n) is 6.49. The van der Waals surface area contributed by atoms with Crippen molar-refractivity contribution >= 4 is 51.8 Å². The fourth-order valence-corrected chi connectivity index (χ4v) is 4.55. The number of thiophene rings is 1. The van der Waals surface area contributed by atoms with Gasteiger partial charge in [0.1, 0.15) is 5.52 Å². The Morgan fingerprint density at radius 1 is 1.17 bits per heavy atom. The Balaban J connectivity index is 1.35. The standard InChI is InChI=1S/C20H15ClN6OS2/c21-14-5-3-13(4-6-14)16-10-17-19-23-24-20(26(19)7-8-27(17)25-16)30-12-18(28)22-11-15-2-1-9-29-15/h1-10H,11-12H2,(H,22,28). The molecule has 10 heteroatoms. The maximum absolute atomic E-state index is 12.2. The summed E-state index contributed by atoms with van der Waals surface area (Å²) in [7, 11) is 0. The molecule has 0 unspecified atom stereocenters. The van der Waals surface area contributed by atoms with Crippen molar-refractivity contribution in [2.24, 2.45) is 0 Å². The molecule has 7 nitrogen and oxygen atoms in total. The fourth-order valence-electron chi connectivity index (χ4n) is 3.03. The molecule has 0 atom stereocenters. The van der Waals surface area contributed by atoms with E-state index in [1.54, 1.807) is 15.9 Å². The van der Waals surface area contributed by atoms with Crippen molar-refractivity contribution in [3.63, 3.8) is 0 Å². The number of halogens is 1. The van der Waals surface area contributed by atoms with Crippen molar-refractivity contribution in [3.8, 4) is 11.3 Å². The molecule has 4 aromatic heterocycles. The molecule has 0 aliphatic rings. The average Bonchev–Trinajstić information content (AvgIpc) is 3.50. The van der Waals surface area contributed by atoms with Crippen molar-refractivity contribution in [3.05, 3.63) is 70.1 Å². The van der Waals surface area contributed by atoms with Gasteiger partial charge in [-0.05, 0) is 29.6 Å². The molecule has 0 aliphatic carbocycles.